The molecule has 0 aliphatic carbocycles. The molecule has 2 N–H and O–H groups in total. The topological polar surface area (TPSA) is 59.1 Å². The van der Waals surface area contributed by atoms with Crippen LogP contribution in [0.25, 0.3) is 0 Å². The van der Waals surface area contributed by atoms with Gasteiger partial charge in [0.25, 0.3) is 0 Å². The first kappa shape index (κ1) is 17.7. The quantitative estimate of drug-likeness (QED) is 0.634. The molecule has 134 valence electrons. The zero-order valence-electron chi connectivity index (χ0n) is 15.4. The second kappa shape index (κ2) is 8.34. The highest BCUT2D eigenvalue weighted by Gasteiger charge is 2.04. The summed E-state index contributed by atoms with van der Waals surface area (Å²) in [5.41, 5.74) is 2.10. The van der Waals surface area contributed by atoms with Crippen molar-refractivity contribution in [3.8, 4) is 5.75 Å². The molecule has 1 heterocycles. The highest BCUT2D eigenvalue weighted by molar-refractivity contribution is 5.60. The minimum absolute atomic E-state index is 0.318. The lowest BCUT2D eigenvalue weighted by molar-refractivity contribution is 0.306. The molecule has 5 nitrogen and oxygen atoms in total. The monoisotopic (exact) mass is 348 g/mol. The molecule has 5 heteroatoms. The Morgan fingerprint density at radius 2 is 1.62 bits per heavy atom. The molecule has 0 unspecified atom stereocenters. The van der Waals surface area contributed by atoms with Crippen LogP contribution >= 0.6 is 0 Å². The van der Waals surface area contributed by atoms with Crippen LogP contribution in [0.2, 0.25) is 0 Å². The number of ether oxygens (including phenoxy) is 1. The Bertz CT molecular complexity index is 832. The van der Waals surface area contributed by atoms with Gasteiger partial charge in [-0.25, -0.2) is 9.97 Å². The van der Waals surface area contributed by atoms with Crippen LogP contribution in [-0.2, 0) is 6.61 Å². The van der Waals surface area contributed by atoms with Gasteiger partial charge in [-0.3, -0.25) is 0 Å². The molecule has 26 heavy (non-hydrogen) atoms. The lowest BCUT2D eigenvalue weighted by Gasteiger charge is -2.12. The first-order chi connectivity index (χ1) is 12.6. The van der Waals surface area contributed by atoms with Crippen LogP contribution in [0.4, 0.5) is 17.3 Å². The van der Waals surface area contributed by atoms with Gasteiger partial charge in [-0.2, -0.15) is 0 Å². The van der Waals surface area contributed by atoms with Crippen LogP contribution in [0, 0.1) is 6.92 Å². The fourth-order valence-corrected chi connectivity index (χ4v) is 2.52. The van der Waals surface area contributed by atoms with E-state index in [1.54, 1.807) is 0 Å². The summed E-state index contributed by atoms with van der Waals surface area (Å²) in [6.45, 7) is 6.61. The van der Waals surface area contributed by atoms with Gasteiger partial charge in [0.05, 0.1) is 0 Å². The van der Waals surface area contributed by atoms with Crippen LogP contribution < -0.4 is 15.4 Å². The van der Waals surface area contributed by atoms with Crippen molar-refractivity contribution in [1.29, 1.82) is 0 Å². The molecule has 0 radical (unpaired) electrons. The fourth-order valence-electron chi connectivity index (χ4n) is 2.52. The van der Waals surface area contributed by atoms with E-state index in [1.807, 2.05) is 55.5 Å². The van der Waals surface area contributed by atoms with E-state index in [1.165, 1.54) is 0 Å². The molecule has 0 bridgehead atoms. The van der Waals surface area contributed by atoms with Crippen molar-refractivity contribution in [1.82, 2.24) is 9.97 Å². The SMILES string of the molecule is Cc1nc(Nc2ccc(OCc3ccccc3)cc2)cc(NC(C)C)n1. The molecule has 1 aromatic heterocycles. The van der Waals surface area contributed by atoms with Gasteiger partial charge in [0.15, 0.2) is 0 Å². The number of aromatic nitrogens is 2. The lowest BCUT2D eigenvalue weighted by Crippen LogP contribution is -2.12. The van der Waals surface area contributed by atoms with Crippen molar-refractivity contribution in [3.05, 3.63) is 72.1 Å². The van der Waals surface area contributed by atoms with Crippen LogP contribution in [0.5, 0.6) is 5.75 Å². The van der Waals surface area contributed by atoms with Crippen molar-refractivity contribution in [3.63, 3.8) is 0 Å². The zero-order valence-corrected chi connectivity index (χ0v) is 15.4. The zero-order chi connectivity index (χ0) is 18.4. The third kappa shape index (κ3) is 5.21. The molecule has 0 saturated heterocycles. The van der Waals surface area contributed by atoms with Gasteiger partial charge >= 0.3 is 0 Å². The maximum atomic E-state index is 5.82. The number of hydrogen-bond acceptors (Lipinski definition) is 5. The molecule has 0 atom stereocenters. The van der Waals surface area contributed by atoms with E-state index in [9.17, 15) is 0 Å². The van der Waals surface area contributed by atoms with E-state index < -0.39 is 0 Å². The van der Waals surface area contributed by atoms with Crippen molar-refractivity contribution in [2.75, 3.05) is 10.6 Å². The van der Waals surface area contributed by atoms with E-state index in [2.05, 4.69) is 46.6 Å². The predicted molar refractivity (Wildman–Crippen MR) is 106 cm³/mol. The van der Waals surface area contributed by atoms with Crippen LogP contribution in [0.15, 0.2) is 60.7 Å². The largest absolute Gasteiger partial charge is 0.489 e. The number of hydrogen-bond donors (Lipinski definition) is 2. The molecule has 0 aliphatic heterocycles. The second-order valence-corrected chi connectivity index (χ2v) is 6.41. The van der Waals surface area contributed by atoms with E-state index in [0.717, 1.165) is 34.5 Å². The van der Waals surface area contributed by atoms with E-state index in [0.29, 0.717) is 12.6 Å². The summed E-state index contributed by atoms with van der Waals surface area (Å²) in [6, 6.07) is 20.2. The highest BCUT2D eigenvalue weighted by atomic mass is 16.5. The molecule has 0 spiro atoms. The van der Waals surface area contributed by atoms with Crippen LogP contribution in [0.1, 0.15) is 25.2 Å². The average molecular weight is 348 g/mol. The van der Waals surface area contributed by atoms with Crippen LogP contribution in [0.3, 0.4) is 0 Å². The fraction of sp³-hybridized carbons (Fsp3) is 0.238. The number of anilines is 3. The number of benzene rings is 2. The van der Waals surface area contributed by atoms with Gasteiger partial charge in [0.2, 0.25) is 0 Å². The van der Waals surface area contributed by atoms with Crippen molar-refractivity contribution in [2.24, 2.45) is 0 Å². The van der Waals surface area contributed by atoms with Gasteiger partial charge in [-0.1, -0.05) is 30.3 Å². The summed E-state index contributed by atoms with van der Waals surface area (Å²) in [5, 5.41) is 6.61. The van der Waals surface area contributed by atoms with Gasteiger partial charge in [-0.05, 0) is 50.6 Å². The normalized spacial score (nSPS) is 10.6. The van der Waals surface area contributed by atoms with E-state index in [-0.39, 0.29) is 0 Å². The van der Waals surface area contributed by atoms with E-state index in [4.69, 9.17) is 4.74 Å². The molecular formula is C21H24N4O. The molecule has 0 amide bonds. The van der Waals surface area contributed by atoms with Gasteiger partial charge in [-0.15, -0.1) is 0 Å². The Morgan fingerprint density at radius 1 is 0.923 bits per heavy atom. The van der Waals surface area contributed by atoms with Gasteiger partial charge in [0.1, 0.15) is 29.8 Å². The third-order valence-electron chi connectivity index (χ3n) is 3.65. The van der Waals surface area contributed by atoms with E-state index >= 15 is 0 Å². The Kier molecular flexibility index (Phi) is 5.69. The molecule has 0 saturated carbocycles. The summed E-state index contributed by atoms with van der Waals surface area (Å²) < 4.78 is 5.82. The average Bonchev–Trinajstić information content (AvgIpc) is 2.61. The number of aryl methyl sites for hydroxylation is 1. The lowest BCUT2D eigenvalue weighted by atomic mass is 10.2. The predicted octanol–water partition coefficient (Wildman–Crippen LogP) is 4.93. The number of nitrogens with one attached hydrogen (secondary N) is 2. The minimum atomic E-state index is 0.318. The van der Waals surface area contributed by atoms with Crippen molar-refractivity contribution < 1.29 is 4.74 Å². The summed E-state index contributed by atoms with van der Waals surface area (Å²) in [5.74, 6) is 3.14. The Morgan fingerprint density at radius 3 is 2.31 bits per heavy atom. The van der Waals surface area contributed by atoms with Crippen molar-refractivity contribution in [2.45, 2.75) is 33.4 Å². The molecule has 2 aromatic carbocycles. The summed E-state index contributed by atoms with van der Waals surface area (Å²) in [4.78, 5) is 8.84. The minimum Gasteiger partial charge on any atom is -0.489 e. The van der Waals surface area contributed by atoms with Crippen molar-refractivity contribution >= 4 is 17.3 Å². The summed E-state index contributed by atoms with van der Waals surface area (Å²) >= 11 is 0. The molecule has 3 aromatic rings. The molecule has 0 aliphatic rings. The highest BCUT2D eigenvalue weighted by Crippen LogP contribution is 2.21. The Labute approximate surface area is 154 Å². The first-order valence-corrected chi connectivity index (χ1v) is 8.74. The van der Waals surface area contributed by atoms with Gasteiger partial charge in [0, 0.05) is 17.8 Å². The summed E-state index contributed by atoms with van der Waals surface area (Å²) in [6.07, 6.45) is 0. The molecule has 3 rings (SSSR count). The molecular weight excluding hydrogens is 324 g/mol. The van der Waals surface area contributed by atoms with Gasteiger partial charge < -0.3 is 15.4 Å². The van der Waals surface area contributed by atoms with Crippen LogP contribution in [-0.4, -0.2) is 16.0 Å². The standard InChI is InChI=1S/C21H24N4O/c1-15(2)22-20-13-21(24-16(3)23-20)25-18-9-11-19(12-10-18)26-14-17-7-5-4-6-8-17/h4-13,15H,14H2,1-3H3,(H2,22,23,24,25). The Balaban J connectivity index is 1.63. The summed E-state index contributed by atoms with van der Waals surface area (Å²) in [7, 11) is 0. The molecule has 0 fully saturated rings. The third-order valence-corrected chi connectivity index (χ3v) is 3.65. The number of nitrogens with zero attached hydrogens (tertiary/aromatic N) is 2. The first-order valence-electron chi connectivity index (χ1n) is 8.74. The smallest absolute Gasteiger partial charge is 0.136 e. The second-order valence-electron chi connectivity index (χ2n) is 6.41. The maximum Gasteiger partial charge on any atom is 0.136 e. The Hall–Kier alpha value is -3.08. The maximum absolute atomic E-state index is 5.82. The number of rotatable bonds is 7.